The Morgan fingerprint density at radius 1 is 0.941 bits per heavy atom. The Morgan fingerprint density at radius 2 is 1.59 bits per heavy atom. The molecular formula is C16H18S. The molecule has 0 aliphatic rings. The Morgan fingerprint density at radius 3 is 2.24 bits per heavy atom. The van der Waals surface area contributed by atoms with E-state index in [0.29, 0.717) is 5.92 Å². The number of rotatable bonds is 4. The van der Waals surface area contributed by atoms with Crippen molar-refractivity contribution in [1.82, 2.24) is 0 Å². The Labute approximate surface area is 109 Å². The minimum Gasteiger partial charge on any atom is -0.143 e. The molecule has 0 fully saturated rings. The van der Waals surface area contributed by atoms with Gasteiger partial charge in [0.25, 0.3) is 0 Å². The Kier molecular flexibility index (Phi) is 4.27. The van der Waals surface area contributed by atoms with E-state index >= 15 is 0 Å². The highest BCUT2D eigenvalue weighted by Crippen LogP contribution is 2.32. The number of benzene rings is 2. The minimum atomic E-state index is 0.467. The summed E-state index contributed by atoms with van der Waals surface area (Å²) >= 11 is 4.58. The van der Waals surface area contributed by atoms with Crippen LogP contribution in [0.1, 0.15) is 36.8 Å². The van der Waals surface area contributed by atoms with Gasteiger partial charge in [-0.25, -0.2) is 0 Å². The van der Waals surface area contributed by atoms with Crippen molar-refractivity contribution in [3.8, 4) is 0 Å². The molecule has 88 valence electrons. The maximum Gasteiger partial charge on any atom is 0.0100 e. The van der Waals surface area contributed by atoms with Gasteiger partial charge < -0.3 is 0 Å². The zero-order valence-electron chi connectivity index (χ0n) is 10.1. The third kappa shape index (κ3) is 2.92. The molecule has 2 aromatic carbocycles. The molecular weight excluding hydrogens is 224 g/mol. The largest absolute Gasteiger partial charge is 0.143 e. The van der Waals surface area contributed by atoms with Gasteiger partial charge in [-0.3, -0.25) is 0 Å². The summed E-state index contributed by atoms with van der Waals surface area (Å²) in [6.07, 6.45) is 2.35. The van der Waals surface area contributed by atoms with Crippen molar-refractivity contribution in [2.45, 2.75) is 30.6 Å². The fourth-order valence-corrected chi connectivity index (χ4v) is 2.57. The fraction of sp³-hybridized carbons (Fsp3) is 0.250. The van der Waals surface area contributed by atoms with E-state index in [-0.39, 0.29) is 0 Å². The lowest BCUT2D eigenvalue weighted by Crippen LogP contribution is -2.01. The first-order valence-corrected chi connectivity index (χ1v) is 6.60. The van der Waals surface area contributed by atoms with Gasteiger partial charge in [0, 0.05) is 10.8 Å². The molecule has 0 aliphatic heterocycles. The summed E-state index contributed by atoms with van der Waals surface area (Å²) in [5.41, 5.74) is 2.72. The summed E-state index contributed by atoms with van der Waals surface area (Å²) in [5, 5.41) is 0. The van der Waals surface area contributed by atoms with Crippen LogP contribution >= 0.6 is 12.6 Å². The van der Waals surface area contributed by atoms with E-state index in [1.807, 2.05) is 6.07 Å². The first kappa shape index (κ1) is 12.3. The molecule has 2 aromatic rings. The average Bonchev–Trinajstić information content (AvgIpc) is 2.38. The zero-order valence-corrected chi connectivity index (χ0v) is 11.0. The highest BCUT2D eigenvalue weighted by atomic mass is 32.1. The summed E-state index contributed by atoms with van der Waals surface area (Å²) in [6.45, 7) is 2.23. The van der Waals surface area contributed by atoms with Crippen molar-refractivity contribution >= 4 is 12.6 Å². The van der Waals surface area contributed by atoms with E-state index in [4.69, 9.17) is 0 Å². The summed E-state index contributed by atoms with van der Waals surface area (Å²) in [4.78, 5) is 1.09. The van der Waals surface area contributed by atoms with Crippen LogP contribution in [-0.2, 0) is 0 Å². The summed E-state index contributed by atoms with van der Waals surface area (Å²) in [5.74, 6) is 0.467. The number of thiol groups is 1. The van der Waals surface area contributed by atoms with Crippen LogP contribution in [0.3, 0.4) is 0 Å². The van der Waals surface area contributed by atoms with Crippen LogP contribution in [0, 0.1) is 0 Å². The predicted octanol–water partition coefficient (Wildman–Crippen LogP) is 4.91. The third-order valence-corrected chi connectivity index (χ3v) is 3.50. The number of hydrogen-bond donors (Lipinski definition) is 1. The molecule has 0 heterocycles. The average molecular weight is 242 g/mol. The van der Waals surface area contributed by atoms with Crippen molar-refractivity contribution in [2.24, 2.45) is 0 Å². The molecule has 1 unspecified atom stereocenters. The SMILES string of the molecule is CCCC(c1ccccc1)c1ccccc1S. The van der Waals surface area contributed by atoms with Crippen molar-refractivity contribution < 1.29 is 0 Å². The second-order valence-electron chi connectivity index (χ2n) is 4.31. The minimum absolute atomic E-state index is 0.467. The second-order valence-corrected chi connectivity index (χ2v) is 4.79. The molecule has 0 spiro atoms. The maximum absolute atomic E-state index is 4.58. The highest BCUT2D eigenvalue weighted by Gasteiger charge is 2.14. The smallest absolute Gasteiger partial charge is 0.0100 e. The molecule has 0 bridgehead atoms. The van der Waals surface area contributed by atoms with Crippen LogP contribution in [0.4, 0.5) is 0 Å². The highest BCUT2D eigenvalue weighted by molar-refractivity contribution is 7.80. The van der Waals surface area contributed by atoms with Crippen LogP contribution in [0.5, 0.6) is 0 Å². The molecule has 0 N–H and O–H groups in total. The van der Waals surface area contributed by atoms with E-state index in [1.54, 1.807) is 0 Å². The molecule has 0 amide bonds. The Bertz CT molecular complexity index is 462. The third-order valence-electron chi connectivity index (χ3n) is 3.09. The number of hydrogen-bond acceptors (Lipinski definition) is 1. The maximum atomic E-state index is 4.58. The van der Waals surface area contributed by atoms with Crippen molar-refractivity contribution in [1.29, 1.82) is 0 Å². The monoisotopic (exact) mass is 242 g/mol. The van der Waals surface area contributed by atoms with E-state index in [0.717, 1.165) is 4.90 Å². The van der Waals surface area contributed by atoms with Gasteiger partial charge in [0.05, 0.1) is 0 Å². The molecule has 0 aromatic heterocycles. The van der Waals surface area contributed by atoms with Gasteiger partial charge in [0.15, 0.2) is 0 Å². The molecule has 0 saturated heterocycles. The zero-order chi connectivity index (χ0) is 12.1. The molecule has 1 heteroatoms. The van der Waals surface area contributed by atoms with Gasteiger partial charge in [-0.05, 0) is 23.6 Å². The van der Waals surface area contributed by atoms with Crippen molar-refractivity contribution in [2.75, 3.05) is 0 Å². The normalized spacial score (nSPS) is 12.4. The standard InChI is InChI=1S/C16H18S/c1-2-8-14(13-9-4-3-5-10-13)15-11-6-7-12-16(15)17/h3-7,9-12,14,17H,2,8H2,1H3. The molecule has 2 rings (SSSR count). The molecule has 0 radical (unpaired) electrons. The Balaban J connectivity index is 2.39. The predicted molar refractivity (Wildman–Crippen MR) is 76.9 cm³/mol. The van der Waals surface area contributed by atoms with E-state index in [1.165, 1.54) is 24.0 Å². The first-order valence-electron chi connectivity index (χ1n) is 6.15. The van der Waals surface area contributed by atoms with Crippen LogP contribution < -0.4 is 0 Å². The molecule has 17 heavy (non-hydrogen) atoms. The summed E-state index contributed by atoms with van der Waals surface area (Å²) in [6, 6.07) is 19.1. The lowest BCUT2D eigenvalue weighted by molar-refractivity contribution is 0.689. The van der Waals surface area contributed by atoms with Crippen LogP contribution in [0.25, 0.3) is 0 Å². The first-order chi connectivity index (χ1) is 8.33. The molecule has 0 nitrogen and oxygen atoms in total. The van der Waals surface area contributed by atoms with E-state index in [9.17, 15) is 0 Å². The van der Waals surface area contributed by atoms with Crippen molar-refractivity contribution in [3.63, 3.8) is 0 Å². The van der Waals surface area contributed by atoms with Gasteiger partial charge >= 0.3 is 0 Å². The lowest BCUT2D eigenvalue weighted by atomic mass is 9.88. The van der Waals surface area contributed by atoms with Crippen LogP contribution in [-0.4, -0.2) is 0 Å². The summed E-state index contributed by atoms with van der Waals surface area (Å²) in [7, 11) is 0. The molecule has 0 aliphatic carbocycles. The van der Waals surface area contributed by atoms with Gasteiger partial charge in [-0.1, -0.05) is 61.9 Å². The van der Waals surface area contributed by atoms with Gasteiger partial charge in [0.1, 0.15) is 0 Å². The van der Waals surface area contributed by atoms with Gasteiger partial charge in [-0.2, -0.15) is 0 Å². The quantitative estimate of drug-likeness (QED) is 0.724. The van der Waals surface area contributed by atoms with Gasteiger partial charge in [0.2, 0.25) is 0 Å². The molecule has 0 saturated carbocycles. The second kappa shape index (κ2) is 5.92. The summed E-state index contributed by atoms with van der Waals surface area (Å²) < 4.78 is 0. The Hall–Kier alpha value is -1.21. The topological polar surface area (TPSA) is 0 Å². The molecule has 1 atom stereocenters. The van der Waals surface area contributed by atoms with Crippen LogP contribution in [0.15, 0.2) is 59.5 Å². The van der Waals surface area contributed by atoms with Crippen molar-refractivity contribution in [3.05, 3.63) is 65.7 Å². The lowest BCUT2D eigenvalue weighted by Gasteiger charge is -2.18. The van der Waals surface area contributed by atoms with Crippen LogP contribution in [0.2, 0.25) is 0 Å². The van der Waals surface area contributed by atoms with E-state index in [2.05, 4.69) is 68.1 Å². The van der Waals surface area contributed by atoms with E-state index < -0.39 is 0 Å². The van der Waals surface area contributed by atoms with Gasteiger partial charge in [-0.15, -0.1) is 12.6 Å². The fourth-order valence-electron chi connectivity index (χ4n) is 2.26.